The van der Waals surface area contributed by atoms with E-state index in [0.717, 1.165) is 5.56 Å². The van der Waals surface area contributed by atoms with Crippen LogP contribution in [0.3, 0.4) is 0 Å². The van der Waals surface area contributed by atoms with Crippen molar-refractivity contribution in [2.45, 2.75) is 12.0 Å². The second kappa shape index (κ2) is 5.46. The van der Waals surface area contributed by atoms with Gasteiger partial charge in [0.25, 0.3) is 0 Å². The van der Waals surface area contributed by atoms with Crippen LogP contribution in [0.25, 0.3) is 0 Å². The van der Waals surface area contributed by atoms with E-state index in [-0.39, 0.29) is 5.91 Å². The third-order valence-corrected chi connectivity index (χ3v) is 4.42. The lowest BCUT2D eigenvalue weighted by Crippen LogP contribution is -2.53. The fraction of sp³-hybridized carbons (Fsp3) is 0.222. The number of carbonyl (C=O) groups is 1. The summed E-state index contributed by atoms with van der Waals surface area (Å²) in [6, 6.07) is 15.0. The molecule has 2 aliphatic heterocycles. The van der Waals surface area contributed by atoms with Gasteiger partial charge in [-0.25, -0.2) is 0 Å². The summed E-state index contributed by atoms with van der Waals surface area (Å²) in [7, 11) is 0. The van der Waals surface area contributed by atoms with E-state index in [0.29, 0.717) is 30.3 Å². The van der Waals surface area contributed by atoms with Crippen molar-refractivity contribution in [3.05, 3.63) is 59.9 Å². The number of fused-ring (bicyclic) bond motifs is 2. The van der Waals surface area contributed by atoms with Gasteiger partial charge in [-0.15, -0.1) is 0 Å². The maximum absolute atomic E-state index is 12.6. The highest BCUT2D eigenvalue weighted by molar-refractivity contribution is 6.10. The maximum atomic E-state index is 12.6. The third kappa shape index (κ3) is 2.06. The minimum atomic E-state index is -0.946. The van der Waals surface area contributed by atoms with Gasteiger partial charge in [0.2, 0.25) is 5.91 Å². The Morgan fingerprint density at radius 1 is 1.25 bits per heavy atom. The number of aliphatic imine (C=N–C) groups is 1. The van der Waals surface area contributed by atoms with Gasteiger partial charge in [-0.05, 0) is 18.2 Å². The van der Waals surface area contributed by atoms with Crippen LogP contribution in [0.2, 0.25) is 0 Å². The molecule has 4 rings (SSSR count). The van der Waals surface area contributed by atoms with Crippen LogP contribution in [0.1, 0.15) is 17.7 Å². The van der Waals surface area contributed by atoms with Crippen molar-refractivity contribution in [1.29, 1.82) is 5.26 Å². The van der Waals surface area contributed by atoms with Gasteiger partial charge in [0.15, 0.2) is 11.8 Å². The van der Waals surface area contributed by atoms with Crippen molar-refractivity contribution in [2.24, 2.45) is 10.9 Å². The summed E-state index contributed by atoms with van der Waals surface area (Å²) in [4.78, 5) is 21.7. The Morgan fingerprint density at radius 3 is 2.88 bits per heavy atom. The number of aromatic nitrogens is 1. The number of nitrogens with one attached hydrogen (secondary N) is 1. The number of amidine groups is 1. The number of hydrogen-bond acceptors (Lipinski definition) is 5. The Hall–Kier alpha value is -3.20. The molecule has 1 spiro atoms. The molecule has 2 aromatic rings. The summed E-state index contributed by atoms with van der Waals surface area (Å²) in [6.45, 7) is 0.404. The number of nitrogens with zero attached hydrogens (tertiary/aromatic N) is 3. The van der Waals surface area contributed by atoms with Crippen LogP contribution in [0.5, 0.6) is 5.75 Å². The number of hydrogen-bond donors (Lipinski definition) is 1. The van der Waals surface area contributed by atoms with Crippen molar-refractivity contribution in [3.63, 3.8) is 0 Å². The number of amides is 1. The number of carbonyl (C=O) groups excluding carboxylic acids is 1. The predicted octanol–water partition coefficient (Wildman–Crippen LogP) is 1.78. The quantitative estimate of drug-likeness (QED) is 0.868. The molecule has 0 fully saturated rings. The van der Waals surface area contributed by atoms with E-state index in [2.05, 4.69) is 16.4 Å². The molecule has 1 amide bonds. The summed E-state index contributed by atoms with van der Waals surface area (Å²) in [6.07, 6.45) is 2.11. The van der Waals surface area contributed by atoms with E-state index in [9.17, 15) is 10.1 Å². The Labute approximate surface area is 138 Å². The molecule has 0 saturated heterocycles. The number of rotatable bonds is 1. The van der Waals surface area contributed by atoms with E-state index in [1.807, 2.05) is 30.3 Å². The standard InChI is InChI=1S/C18H14N4O2/c19-11-13-17(23)21-16(14-6-3-4-9-20-14)22-18(13)8-10-24-15-7-2-1-5-12(15)18/h1-7,9,13H,8,10H2,(H,21,22,23). The normalized spacial score (nSPS) is 25.0. The summed E-state index contributed by atoms with van der Waals surface area (Å²) in [5, 5.41) is 12.3. The van der Waals surface area contributed by atoms with Crippen LogP contribution in [0, 0.1) is 17.2 Å². The molecule has 118 valence electrons. The van der Waals surface area contributed by atoms with Crippen LogP contribution in [-0.4, -0.2) is 23.3 Å². The third-order valence-electron chi connectivity index (χ3n) is 4.42. The first-order valence-corrected chi connectivity index (χ1v) is 7.69. The SMILES string of the molecule is N#CC1C(=O)NC(c2ccccn2)=NC12CCOc1ccccc12. The Balaban J connectivity index is 1.94. The summed E-state index contributed by atoms with van der Waals surface area (Å²) in [5.41, 5.74) is 0.398. The topological polar surface area (TPSA) is 87.4 Å². The molecule has 2 atom stereocenters. The Kier molecular flexibility index (Phi) is 3.28. The monoisotopic (exact) mass is 318 g/mol. The van der Waals surface area contributed by atoms with E-state index in [1.165, 1.54) is 0 Å². The Bertz CT molecular complexity index is 872. The minimum absolute atomic E-state index is 0.357. The smallest absolute Gasteiger partial charge is 0.245 e. The van der Waals surface area contributed by atoms with Crippen LogP contribution in [0.4, 0.5) is 0 Å². The average molecular weight is 318 g/mol. The minimum Gasteiger partial charge on any atom is -0.493 e. The molecule has 2 aliphatic rings. The molecule has 2 unspecified atom stereocenters. The van der Waals surface area contributed by atoms with E-state index < -0.39 is 11.5 Å². The molecule has 1 aromatic heterocycles. The van der Waals surface area contributed by atoms with Gasteiger partial charge in [-0.2, -0.15) is 5.26 Å². The fourth-order valence-electron chi connectivity index (χ4n) is 3.30. The van der Waals surface area contributed by atoms with Crippen LogP contribution < -0.4 is 10.1 Å². The van der Waals surface area contributed by atoms with Crippen molar-refractivity contribution in [2.75, 3.05) is 6.61 Å². The lowest BCUT2D eigenvalue weighted by atomic mass is 9.73. The second-order valence-corrected chi connectivity index (χ2v) is 5.75. The highest BCUT2D eigenvalue weighted by atomic mass is 16.5. The molecular weight excluding hydrogens is 304 g/mol. The zero-order valence-corrected chi connectivity index (χ0v) is 12.8. The number of para-hydroxylation sites is 1. The summed E-state index contributed by atoms with van der Waals surface area (Å²) >= 11 is 0. The van der Waals surface area contributed by atoms with Gasteiger partial charge in [-0.3, -0.25) is 14.8 Å². The number of benzene rings is 1. The molecule has 3 heterocycles. The lowest BCUT2D eigenvalue weighted by molar-refractivity contribution is -0.124. The predicted molar refractivity (Wildman–Crippen MR) is 86.3 cm³/mol. The van der Waals surface area contributed by atoms with Gasteiger partial charge in [0, 0.05) is 18.2 Å². The van der Waals surface area contributed by atoms with E-state index in [1.54, 1.807) is 18.3 Å². The molecular formula is C18H14N4O2. The first-order chi connectivity index (χ1) is 11.7. The highest BCUT2D eigenvalue weighted by Crippen LogP contribution is 2.46. The molecule has 6 heteroatoms. The second-order valence-electron chi connectivity index (χ2n) is 5.75. The molecule has 0 radical (unpaired) electrons. The molecule has 1 aromatic carbocycles. The number of ether oxygens (including phenoxy) is 1. The van der Waals surface area contributed by atoms with Gasteiger partial charge in [0.05, 0.1) is 12.7 Å². The van der Waals surface area contributed by atoms with Gasteiger partial charge in [-0.1, -0.05) is 24.3 Å². The lowest BCUT2D eigenvalue weighted by Gasteiger charge is -2.40. The van der Waals surface area contributed by atoms with E-state index >= 15 is 0 Å². The largest absolute Gasteiger partial charge is 0.493 e. The van der Waals surface area contributed by atoms with Crippen molar-refractivity contribution < 1.29 is 9.53 Å². The Morgan fingerprint density at radius 2 is 2.08 bits per heavy atom. The van der Waals surface area contributed by atoms with Crippen molar-refractivity contribution in [1.82, 2.24) is 10.3 Å². The van der Waals surface area contributed by atoms with Crippen LogP contribution >= 0.6 is 0 Å². The van der Waals surface area contributed by atoms with Crippen molar-refractivity contribution in [3.8, 4) is 11.8 Å². The fourth-order valence-corrected chi connectivity index (χ4v) is 3.30. The zero-order valence-electron chi connectivity index (χ0n) is 12.8. The van der Waals surface area contributed by atoms with Crippen LogP contribution in [0.15, 0.2) is 53.7 Å². The van der Waals surface area contributed by atoms with E-state index in [4.69, 9.17) is 9.73 Å². The van der Waals surface area contributed by atoms with Gasteiger partial charge in [0.1, 0.15) is 17.0 Å². The molecule has 1 N–H and O–H groups in total. The van der Waals surface area contributed by atoms with Crippen LogP contribution in [-0.2, 0) is 10.3 Å². The molecule has 24 heavy (non-hydrogen) atoms. The van der Waals surface area contributed by atoms with Gasteiger partial charge >= 0.3 is 0 Å². The molecule has 0 saturated carbocycles. The first kappa shape index (κ1) is 14.4. The summed E-state index contributed by atoms with van der Waals surface area (Å²) in [5.74, 6) is -0.202. The highest BCUT2D eigenvalue weighted by Gasteiger charge is 2.51. The number of nitriles is 1. The maximum Gasteiger partial charge on any atom is 0.245 e. The average Bonchev–Trinajstić information content (AvgIpc) is 2.63. The van der Waals surface area contributed by atoms with Gasteiger partial charge < -0.3 is 10.1 Å². The molecule has 6 nitrogen and oxygen atoms in total. The van der Waals surface area contributed by atoms with Crippen molar-refractivity contribution >= 4 is 11.7 Å². The molecule has 0 aliphatic carbocycles. The summed E-state index contributed by atoms with van der Waals surface area (Å²) < 4.78 is 5.69. The first-order valence-electron chi connectivity index (χ1n) is 7.69. The number of pyridine rings is 1. The zero-order chi connectivity index (χ0) is 16.6. The molecule has 0 bridgehead atoms.